The molecule has 0 saturated heterocycles. The van der Waals surface area contributed by atoms with Crippen molar-refractivity contribution < 1.29 is 26.8 Å². The summed E-state index contributed by atoms with van der Waals surface area (Å²) in [5.41, 5.74) is 3.25. The molecule has 2 N–H and O–H groups in total. The molecule has 0 aliphatic carbocycles. The van der Waals surface area contributed by atoms with Crippen LogP contribution in [-0.4, -0.2) is 64.6 Å². The number of carbonyl (C=O) groups excluding carboxylic acids is 2. The van der Waals surface area contributed by atoms with Gasteiger partial charge in [0.05, 0.1) is 47.9 Å². The predicted octanol–water partition coefficient (Wildman–Crippen LogP) is 7.62. The Morgan fingerprint density at radius 3 is 2.17 bits per heavy atom. The normalized spacial score (nSPS) is 12.5. The molecule has 0 spiro atoms. The van der Waals surface area contributed by atoms with Crippen LogP contribution in [0, 0.1) is 5.82 Å². The van der Waals surface area contributed by atoms with Gasteiger partial charge in [0.15, 0.2) is 8.32 Å². The summed E-state index contributed by atoms with van der Waals surface area (Å²) in [6.07, 6.45) is 2.70. The van der Waals surface area contributed by atoms with Crippen LogP contribution in [0.5, 0.6) is 0 Å². The number of hydrogen-bond acceptors (Lipinski definition) is 6. The maximum absolute atomic E-state index is 13.9. The molecule has 0 radical (unpaired) electrons. The molecule has 5 aromatic rings. The van der Waals surface area contributed by atoms with E-state index >= 15 is 0 Å². The van der Waals surface area contributed by atoms with Crippen molar-refractivity contribution in [3.63, 3.8) is 0 Å². The van der Waals surface area contributed by atoms with Crippen molar-refractivity contribution in [3.8, 4) is 22.4 Å². The Morgan fingerprint density at radius 2 is 1.57 bits per heavy atom. The highest BCUT2D eigenvalue weighted by molar-refractivity contribution is 7.92. The van der Waals surface area contributed by atoms with Gasteiger partial charge in [-0.2, -0.15) is 5.10 Å². The number of anilines is 1. The van der Waals surface area contributed by atoms with Crippen LogP contribution in [0.2, 0.25) is 18.1 Å². The van der Waals surface area contributed by atoms with Gasteiger partial charge in [0, 0.05) is 23.7 Å². The largest absolute Gasteiger partial charge is 0.415 e. The quantitative estimate of drug-likeness (QED) is 0.126. The summed E-state index contributed by atoms with van der Waals surface area (Å²) in [5.74, 6) is -1.19. The molecular weight excluding hydrogens is 710 g/mol. The topological polar surface area (TPSA) is 122 Å². The zero-order chi connectivity index (χ0) is 38.9. The number of aromatic nitrogens is 2. The van der Waals surface area contributed by atoms with Gasteiger partial charge in [-0.25, -0.2) is 17.3 Å². The van der Waals surface area contributed by atoms with E-state index in [1.54, 1.807) is 36.5 Å². The molecule has 280 valence electrons. The van der Waals surface area contributed by atoms with Crippen LogP contribution >= 0.6 is 0 Å². The fraction of sp³-hybridized carbons (Fsp3) is 0.325. The Bertz CT molecular complexity index is 2250. The lowest BCUT2D eigenvalue weighted by atomic mass is 9.93. The lowest BCUT2D eigenvalue weighted by Gasteiger charge is -2.37. The lowest BCUT2D eigenvalue weighted by molar-refractivity contribution is 0.0910. The van der Waals surface area contributed by atoms with Gasteiger partial charge in [0.2, 0.25) is 10.0 Å². The molecule has 10 nitrogen and oxygen atoms in total. The molecule has 0 saturated carbocycles. The first-order valence-electron chi connectivity index (χ1n) is 17.4. The number of amides is 2. The highest BCUT2D eigenvalue weighted by Crippen LogP contribution is 2.39. The van der Waals surface area contributed by atoms with E-state index in [2.05, 4.69) is 44.5 Å². The summed E-state index contributed by atoms with van der Waals surface area (Å²) in [6.45, 7) is 14.5. The number of sulfonamides is 1. The Balaban J connectivity index is 1.70. The van der Waals surface area contributed by atoms with Gasteiger partial charge in [-0.3, -0.25) is 13.9 Å². The van der Waals surface area contributed by atoms with Gasteiger partial charge >= 0.3 is 0 Å². The fourth-order valence-electron chi connectivity index (χ4n) is 5.84. The number of benzene rings is 3. The molecule has 0 aliphatic rings. The van der Waals surface area contributed by atoms with Gasteiger partial charge in [0.1, 0.15) is 11.5 Å². The minimum atomic E-state index is -3.91. The second-order valence-corrected chi connectivity index (χ2v) is 21.9. The van der Waals surface area contributed by atoms with E-state index in [4.69, 9.17) is 9.52 Å². The smallest absolute Gasteiger partial charge is 0.255 e. The first kappa shape index (κ1) is 39.4. The van der Waals surface area contributed by atoms with E-state index in [0.717, 1.165) is 11.8 Å². The Labute approximate surface area is 312 Å². The maximum atomic E-state index is 13.9. The highest BCUT2D eigenvalue weighted by atomic mass is 32.2. The van der Waals surface area contributed by atoms with Gasteiger partial charge in [-0.15, -0.1) is 0 Å². The molecule has 2 heterocycles. The molecule has 2 amide bonds. The van der Waals surface area contributed by atoms with E-state index in [0.29, 0.717) is 27.8 Å². The SMILES string of the molecule is CNC(=O)c1c(-c2ccc(F)cc2)nn2cc(N(CCO[Si](C)(C)C(C)(C)C)S(C)(=O)=O)c(-c3cccc(C(=O)NC(C)(C)c4ccccc4)c3)cc12. The van der Waals surface area contributed by atoms with Crippen LogP contribution in [0.4, 0.5) is 10.1 Å². The summed E-state index contributed by atoms with van der Waals surface area (Å²) in [4.78, 5) is 27.2. The summed E-state index contributed by atoms with van der Waals surface area (Å²) in [6, 6.07) is 23.9. The summed E-state index contributed by atoms with van der Waals surface area (Å²) >= 11 is 0. The standard InChI is InChI=1S/C40H48FN5O5SSi/c1-39(2,3)53(8,9)51-23-22-46(52(7,49)50)34-26-45-33(35(38(48)42-6)36(44-45)27-18-20-31(41)21-19-27)25-32(34)28-14-13-15-29(24-28)37(47)43-40(4,5)30-16-11-10-12-17-30/h10-21,24-26H,22-23H2,1-9H3,(H,42,48)(H,43,47). The first-order chi connectivity index (χ1) is 24.7. The summed E-state index contributed by atoms with van der Waals surface area (Å²) < 4.78 is 50.4. The van der Waals surface area contributed by atoms with Gasteiger partial charge in [-0.05, 0) is 85.6 Å². The first-order valence-corrected chi connectivity index (χ1v) is 22.1. The van der Waals surface area contributed by atoms with Crippen LogP contribution < -0.4 is 14.9 Å². The van der Waals surface area contributed by atoms with Crippen LogP contribution in [0.1, 0.15) is 60.9 Å². The average molecular weight is 758 g/mol. The van der Waals surface area contributed by atoms with Crippen LogP contribution in [0.3, 0.4) is 0 Å². The minimum Gasteiger partial charge on any atom is -0.415 e. The highest BCUT2D eigenvalue weighted by Gasteiger charge is 2.37. The third-order valence-corrected chi connectivity index (χ3v) is 15.6. The van der Waals surface area contributed by atoms with E-state index in [1.165, 1.54) is 40.1 Å². The number of nitrogens with one attached hydrogen (secondary N) is 2. The maximum Gasteiger partial charge on any atom is 0.255 e. The molecule has 0 fully saturated rings. The zero-order valence-electron chi connectivity index (χ0n) is 31.7. The Kier molecular flexibility index (Phi) is 11.0. The molecular formula is C40H48FN5O5SSi. The number of rotatable bonds is 12. The second kappa shape index (κ2) is 14.9. The van der Waals surface area contributed by atoms with Crippen molar-refractivity contribution in [1.29, 1.82) is 0 Å². The molecule has 13 heteroatoms. The number of hydrogen-bond donors (Lipinski definition) is 2. The number of nitrogens with zero attached hydrogens (tertiary/aromatic N) is 3. The lowest BCUT2D eigenvalue weighted by Crippen LogP contribution is -2.43. The van der Waals surface area contributed by atoms with E-state index in [-0.39, 0.29) is 41.0 Å². The molecule has 0 atom stereocenters. The predicted molar refractivity (Wildman–Crippen MR) is 212 cm³/mol. The Morgan fingerprint density at radius 1 is 0.906 bits per heavy atom. The molecule has 0 unspecified atom stereocenters. The van der Waals surface area contributed by atoms with Crippen LogP contribution in [0.25, 0.3) is 27.9 Å². The summed E-state index contributed by atoms with van der Waals surface area (Å²) in [7, 11) is -4.64. The summed E-state index contributed by atoms with van der Waals surface area (Å²) in [5, 5.41) is 10.4. The molecule has 5 rings (SSSR count). The number of halogens is 1. The van der Waals surface area contributed by atoms with E-state index in [9.17, 15) is 22.4 Å². The number of fused-ring (bicyclic) bond motifs is 1. The zero-order valence-corrected chi connectivity index (χ0v) is 33.6. The molecule has 3 aromatic carbocycles. The third-order valence-electron chi connectivity index (χ3n) is 9.91. The third kappa shape index (κ3) is 8.53. The number of pyridine rings is 1. The molecule has 53 heavy (non-hydrogen) atoms. The van der Waals surface area contributed by atoms with Crippen molar-refractivity contribution in [2.45, 2.75) is 58.3 Å². The van der Waals surface area contributed by atoms with E-state index < -0.39 is 35.6 Å². The van der Waals surface area contributed by atoms with Gasteiger partial charge in [-0.1, -0.05) is 63.2 Å². The second-order valence-electron chi connectivity index (χ2n) is 15.2. The van der Waals surface area contributed by atoms with E-state index in [1.807, 2.05) is 44.2 Å². The number of carbonyl (C=O) groups is 2. The van der Waals surface area contributed by atoms with Crippen molar-refractivity contribution in [2.24, 2.45) is 0 Å². The van der Waals surface area contributed by atoms with Crippen molar-refractivity contribution in [3.05, 3.63) is 114 Å². The van der Waals surface area contributed by atoms with Crippen LogP contribution in [-0.2, 0) is 20.0 Å². The fourth-order valence-corrected chi connectivity index (χ4v) is 7.79. The van der Waals surface area contributed by atoms with Crippen molar-refractivity contribution >= 4 is 41.4 Å². The minimum absolute atomic E-state index is 0.00365. The average Bonchev–Trinajstić information content (AvgIpc) is 3.47. The van der Waals surface area contributed by atoms with Crippen molar-refractivity contribution in [1.82, 2.24) is 20.2 Å². The van der Waals surface area contributed by atoms with Crippen molar-refractivity contribution in [2.75, 3.05) is 30.8 Å². The molecule has 0 bridgehead atoms. The van der Waals surface area contributed by atoms with Gasteiger partial charge < -0.3 is 15.1 Å². The Hall–Kier alpha value is -4.85. The molecule has 2 aromatic heterocycles. The molecule has 0 aliphatic heterocycles. The van der Waals surface area contributed by atoms with Gasteiger partial charge in [0.25, 0.3) is 11.8 Å². The monoisotopic (exact) mass is 757 g/mol. The van der Waals surface area contributed by atoms with Crippen LogP contribution in [0.15, 0.2) is 91.1 Å².